The van der Waals surface area contributed by atoms with Crippen molar-refractivity contribution in [3.63, 3.8) is 0 Å². The van der Waals surface area contributed by atoms with Crippen LogP contribution in [0.2, 0.25) is 0 Å². The average molecular weight is 270 g/mol. The second-order valence-electron chi connectivity index (χ2n) is 5.66. The fraction of sp³-hybridized carbons (Fsp3) is 0.941. The van der Waals surface area contributed by atoms with Crippen LogP contribution in [0.1, 0.15) is 91.4 Å². The monoisotopic (exact) mass is 270 g/mol. The van der Waals surface area contributed by atoms with Crippen molar-refractivity contribution in [3.05, 3.63) is 0 Å². The molecule has 0 saturated heterocycles. The first-order valence-corrected chi connectivity index (χ1v) is 8.30. The Morgan fingerprint density at radius 3 is 1.68 bits per heavy atom. The number of ketones is 1. The molecule has 1 unspecified atom stereocenters. The van der Waals surface area contributed by atoms with Crippen LogP contribution in [-0.4, -0.2) is 18.5 Å². The highest BCUT2D eigenvalue weighted by atomic mass is 16.5. The SMILES string of the molecule is CCCCCCCCCCCCCOC(C)C(C)=O. The quantitative estimate of drug-likeness (QED) is 0.401. The normalized spacial score (nSPS) is 12.6. The Hall–Kier alpha value is -0.370. The zero-order chi connectivity index (χ0) is 14.3. The minimum absolute atomic E-state index is 0.128. The summed E-state index contributed by atoms with van der Waals surface area (Å²) >= 11 is 0. The highest BCUT2D eigenvalue weighted by Gasteiger charge is 2.06. The lowest BCUT2D eigenvalue weighted by Gasteiger charge is -2.09. The number of carbonyl (C=O) groups excluding carboxylic acids is 1. The lowest BCUT2D eigenvalue weighted by molar-refractivity contribution is -0.127. The first kappa shape index (κ1) is 18.6. The van der Waals surface area contributed by atoms with Crippen molar-refractivity contribution in [2.75, 3.05) is 6.61 Å². The maximum Gasteiger partial charge on any atom is 0.158 e. The minimum atomic E-state index is -0.219. The van der Waals surface area contributed by atoms with Crippen molar-refractivity contribution in [2.45, 2.75) is 97.5 Å². The van der Waals surface area contributed by atoms with E-state index in [1.807, 2.05) is 6.92 Å². The van der Waals surface area contributed by atoms with Gasteiger partial charge in [-0.25, -0.2) is 0 Å². The van der Waals surface area contributed by atoms with E-state index in [-0.39, 0.29) is 11.9 Å². The lowest BCUT2D eigenvalue weighted by Crippen LogP contribution is -2.17. The molecule has 0 aromatic carbocycles. The second kappa shape index (κ2) is 14.0. The summed E-state index contributed by atoms with van der Waals surface area (Å²) in [7, 11) is 0. The van der Waals surface area contributed by atoms with E-state index in [0.717, 1.165) is 13.0 Å². The van der Waals surface area contributed by atoms with Crippen LogP contribution in [0.5, 0.6) is 0 Å². The third-order valence-corrected chi connectivity index (χ3v) is 3.69. The number of hydrogen-bond donors (Lipinski definition) is 0. The molecule has 0 saturated carbocycles. The third kappa shape index (κ3) is 13.9. The molecular weight excluding hydrogens is 236 g/mol. The Morgan fingerprint density at radius 2 is 1.26 bits per heavy atom. The maximum absolute atomic E-state index is 11.0. The van der Waals surface area contributed by atoms with E-state index >= 15 is 0 Å². The molecule has 0 aliphatic heterocycles. The molecular formula is C17H34O2. The van der Waals surface area contributed by atoms with Crippen LogP contribution in [0.25, 0.3) is 0 Å². The summed E-state index contributed by atoms with van der Waals surface area (Å²) in [6, 6.07) is 0. The molecule has 0 bridgehead atoms. The summed E-state index contributed by atoms with van der Waals surface area (Å²) in [6.45, 7) is 6.42. The van der Waals surface area contributed by atoms with Gasteiger partial charge in [0.2, 0.25) is 0 Å². The van der Waals surface area contributed by atoms with Crippen molar-refractivity contribution in [1.82, 2.24) is 0 Å². The predicted molar refractivity (Wildman–Crippen MR) is 82.6 cm³/mol. The van der Waals surface area contributed by atoms with Gasteiger partial charge in [0.25, 0.3) is 0 Å². The maximum atomic E-state index is 11.0. The summed E-state index contributed by atoms with van der Waals surface area (Å²) in [4.78, 5) is 11.0. The van der Waals surface area contributed by atoms with Gasteiger partial charge in [-0.15, -0.1) is 0 Å². The van der Waals surface area contributed by atoms with E-state index in [4.69, 9.17) is 4.74 Å². The van der Waals surface area contributed by atoms with Crippen LogP contribution in [0, 0.1) is 0 Å². The predicted octanol–water partition coefficient (Wildman–Crippen LogP) is 5.29. The molecule has 0 aromatic heterocycles. The molecule has 114 valence electrons. The fourth-order valence-electron chi connectivity index (χ4n) is 2.14. The summed E-state index contributed by atoms with van der Waals surface area (Å²) in [6.07, 6.45) is 14.6. The van der Waals surface area contributed by atoms with Gasteiger partial charge in [0, 0.05) is 6.61 Å². The zero-order valence-electron chi connectivity index (χ0n) is 13.4. The molecule has 2 heteroatoms. The number of rotatable bonds is 14. The van der Waals surface area contributed by atoms with Crippen molar-refractivity contribution >= 4 is 5.78 Å². The van der Waals surface area contributed by atoms with Gasteiger partial charge < -0.3 is 4.74 Å². The van der Waals surface area contributed by atoms with Crippen LogP contribution in [0.15, 0.2) is 0 Å². The molecule has 1 atom stereocenters. The summed E-state index contributed by atoms with van der Waals surface area (Å²) < 4.78 is 5.44. The van der Waals surface area contributed by atoms with E-state index in [0.29, 0.717) is 0 Å². The molecule has 0 aliphatic rings. The smallest absolute Gasteiger partial charge is 0.158 e. The second-order valence-corrected chi connectivity index (χ2v) is 5.66. The minimum Gasteiger partial charge on any atom is -0.371 e. The highest BCUT2D eigenvalue weighted by Crippen LogP contribution is 2.11. The Bertz CT molecular complexity index is 201. The lowest BCUT2D eigenvalue weighted by atomic mass is 10.1. The Balaban J connectivity index is 3.05. The van der Waals surface area contributed by atoms with E-state index in [1.54, 1.807) is 6.92 Å². The molecule has 0 amide bonds. The molecule has 0 heterocycles. The van der Waals surface area contributed by atoms with Crippen LogP contribution in [0.4, 0.5) is 0 Å². The Labute approximate surface area is 120 Å². The largest absolute Gasteiger partial charge is 0.371 e. The molecule has 0 aliphatic carbocycles. The fourth-order valence-corrected chi connectivity index (χ4v) is 2.14. The first-order valence-electron chi connectivity index (χ1n) is 8.30. The summed E-state index contributed by atoms with van der Waals surface area (Å²) in [5, 5.41) is 0. The van der Waals surface area contributed by atoms with Gasteiger partial charge >= 0.3 is 0 Å². The average Bonchev–Trinajstić information content (AvgIpc) is 2.39. The highest BCUT2D eigenvalue weighted by molar-refractivity contribution is 5.79. The number of Topliss-reactive ketones (excluding diaryl/α,β-unsaturated/α-hetero) is 1. The van der Waals surface area contributed by atoms with Gasteiger partial charge in [0.1, 0.15) is 6.10 Å². The van der Waals surface area contributed by atoms with E-state index in [1.165, 1.54) is 64.2 Å². The van der Waals surface area contributed by atoms with Gasteiger partial charge in [-0.05, 0) is 20.3 Å². The van der Waals surface area contributed by atoms with Gasteiger partial charge in [-0.3, -0.25) is 4.79 Å². The van der Waals surface area contributed by atoms with Crippen molar-refractivity contribution in [3.8, 4) is 0 Å². The Kier molecular flexibility index (Phi) is 13.8. The molecule has 0 fully saturated rings. The molecule has 19 heavy (non-hydrogen) atoms. The topological polar surface area (TPSA) is 26.3 Å². The van der Waals surface area contributed by atoms with E-state index < -0.39 is 0 Å². The zero-order valence-corrected chi connectivity index (χ0v) is 13.4. The molecule has 0 rings (SSSR count). The van der Waals surface area contributed by atoms with Crippen molar-refractivity contribution in [2.24, 2.45) is 0 Å². The van der Waals surface area contributed by atoms with Crippen LogP contribution >= 0.6 is 0 Å². The molecule has 0 N–H and O–H groups in total. The van der Waals surface area contributed by atoms with Crippen molar-refractivity contribution in [1.29, 1.82) is 0 Å². The van der Waals surface area contributed by atoms with Gasteiger partial charge in [0.15, 0.2) is 5.78 Å². The molecule has 2 nitrogen and oxygen atoms in total. The number of carbonyl (C=O) groups is 1. The standard InChI is InChI=1S/C17H34O2/c1-4-5-6-7-8-9-10-11-12-13-14-15-19-17(3)16(2)18/h17H,4-15H2,1-3H3. The van der Waals surface area contributed by atoms with E-state index in [9.17, 15) is 4.79 Å². The number of ether oxygens (including phenoxy) is 1. The molecule has 0 radical (unpaired) electrons. The number of hydrogen-bond acceptors (Lipinski definition) is 2. The van der Waals surface area contributed by atoms with Crippen LogP contribution in [-0.2, 0) is 9.53 Å². The van der Waals surface area contributed by atoms with Crippen LogP contribution in [0.3, 0.4) is 0 Å². The summed E-state index contributed by atoms with van der Waals surface area (Å²) in [5.74, 6) is 0.128. The molecule has 0 spiro atoms. The van der Waals surface area contributed by atoms with Gasteiger partial charge in [-0.1, -0.05) is 71.1 Å². The van der Waals surface area contributed by atoms with E-state index in [2.05, 4.69) is 6.92 Å². The van der Waals surface area contributed by atoms with Crippen LogP contribution < -0.4 is 0 Å². The summed E-state index contributed by atoms with van der Waals surface area (Å²) in [5.41, 5.74) is 0. The van der Waals surface area contributed by atoms with Gasteiger partial charge in [-0.2, -0.15) is 0 Å². The van der Waals surface area contributed by atoms with Gasteiger partial charge in [0.05, 0.1) is 0 Å². The first-order chi connectivity index (χ1) is 9.18. The van der Waals surface area contributed by atoms with Crippen molar-refractivity contribution < 1.29 is 9.53 Å². The molecule has 0 aromatic rings. The third-order valence-electron chi connectivity index (χ3n) is 3.69. The Morgan fingerprint density at radius 1 is 0.842 bits per heavy atom. The number of unbranched alkanes of at least 4 members (excludes halogenated alkanes) is 10.